The first-order chi connectivity index (χ1) is 32.0. The molecule has 0 aliphatic heterocycles. The maximum atomic E-state index is 14.2. The highest BCUT2D eigenvalue weighted by molar-refractivity contribution is 5.97. The predicted octanol–water partition coefficient (Wildman–Crippen LogP) is -2.20. The lowest BCUT2D eigenvalue weighted by Gasteiger charge is -2.28. The van der Waals surface area contributed by atoms with Crippen molar-refractivity contribution in [1.29, 1.82) is 0 Å². The summed E-state index contributed by atoms with van der Waals surface area (Å²) in [6.45, 7) is 7.96. The van der Waals surface area contributed by atoms with E-state index in [1.807, 2.05) is 13.8 Å². The molecule has 0 radical (unpaired) electrons. The van der Waals surface area contributed by atoms with E-state index >= 15 is 0 Å². The van der Waals surface area contributed by atoms with Crippen LogP contribution in [0.4, 0.5) is 0 Å². The number of hydrogen-bond acceptors (Lipinski definition) is 14. The number of aromatic amines is 1. The molecule has 16 N–H and O–H groups in total. The molecule has 1 aromatic carbocycles. The highest BCUT2D eigenvalue weighted by Crippen LogP contribution is 2.14. The first-order valence-corrected chi connectivity index (χ1v) is 22.4. The lowest BCUT2D eigenvalue weighted by Crippen LogP contribution is -2.61. The molecular formula is C44H69N11O13. The minimum absolute atomic E-state index is 0.0525. The summed E-state index contributed by atoms with van der Waals surface area (Å²) in [5.41, 5.74) is 12.2. The number of carboxylic acids is 2. The average Bonchev–Trinajstić information content (AvgIpc) is 3.79. The second kappa shape index (κ2) is 29.2. The van der Waals surface area contributed by atoms with Crippen LogP contribution in [0.3, 0.4) is 0 Å². The number of carbonyl (C=O) groups excluding carboxylic acids is 7. The zero-order valence-corrected chi connectivity index (χ0v) is 39.1. The summed E-state index contributed by atoms with van der Waals surface area (Å²) in [6.07, 6.45) is 2.29. The number of aromatic nitrogens is 2. The van der Waals surface area contributed by atoms with Gasteiger partial charge in [-0.3, -0.25) is 38.4 Å². The third-order valence-electron chi connectivity index (χ3n) is 10.4. The number of carboxylic acid groups (broad SMARTS) is 2. The normalized spacial score (nSPS) is 14.7. The standard InChI is InChI=1S/C44H69N11O13/c1-23(2)16-29(46)38(61)49-25(5)37(60)55-35(21-56)43(66)54-34(19-27-20-47-22-48-27)42(65)50-30(13-14-36(58)59)39(62)53-33(18-26-9-11-28(57)12-10-26)41(64)52-32(17-24(3)4)40(63)51-31(44(67)68)8-6-7-15-45/h9-12,20,22-25,29-35,56-57H,6-8,13-19,21,45-46H2,1-5H3,(H,47,48)(H,49,61)(H,50,65)(H,51,63)(H,52,64)(H,53,62)(H,54,66)(H,55,60)(H,58,59)(H,67,68)/t25-,29-,30-,31-,32-,33-,34-,35-/m0/s1. The maximum Gasteiger partial charge on any atom is 0.326 e. The van der Waals surface area contributed by atoms with E-state index in [-0.39, 0.29) is 43.3 Å². The number of hydrogen-bond donors (Lipinski definition) is 14. The monoisotopic (exact) mass is 960 g/mol. The molecule has 0 saturated carbocycles. The molecular weight excluding hydrogens is 891 g/mol. The molecule has 0 aliphatic rings. The first kappa shape index (κ1) is 57.5. The van der Waals surface area contributed by atoms with Crippen molar-refractivity contribution in [2.45, 2.75) is 141 Å². The molecule has 0 unspecified atom stereocenters. The Morgan fingerprint density at radius 2 is 1.13 bits per heavy atom. The van der Waals surface area contributed by atoms with Gasteiger partial charge in [0.05, 0.1) is 19.0 Å². The summed E-state index contributed by atoms with van der Waals surface area (Å²) >= 11 is 0. The third kappa shape index (κ3) is 20.9. The number of H-pyrrole nitrogens is 1. The molecule has 1 aromatic heterocycles. The zero-order valence-electron chi connectivity index (χ0n) is 39.1. The second-order valence-electron chi connectivity index (χ2n) is 17.4. The summed E-state index contributed by atoms with van der Waals surface area (Å²) in [4.78, 5) is 125. The van der Waals surface area contributed by atoms with E-state index in [2.05, 4.69) is 47.2 Å². The van der Waals surface area contributed by atoms with Crippen LogP contribution >= 0.6 is 0 Å². The Morgan fingerprint density at radius 3 is 1.66 bits per heavy atom. The first-order valence-electron chi connectivity index (χ1n) is 22.4. The van der Waals surface area contributed by atoms with E-state index in [1.165, 1.54) is 43.7 Å². The van der Waals surface area contributed by atoms with Crippen LogP contribution in [0.1, 0.15) is 90.8 Å². The number of amides is 7. The van der Waals surface area contributed by atoms with E-state index in [0.29, 0.717) is 37.1 Å². The number of nitrogens with one attached hydrogen (secondary N) is 8. The molecule has 0 saturated heterocycles. The van der Waals surface area contributed by atoms with Crippen LogP contribution in [0.15, 0.2) is 36.8 Å². The summed E-state index contributed by atoms with van der Waals surface area (Å²) in [6, 6.07) is -5.47. The summed E-state index contributed by atoms with van der Waals surface area (Å²) < 4.78 is 0. The van der Waals surface area contributed by atoms with Crippen molar-refractivity contribution in [3.05, 3.63) is 48.0 Å². The molecule has 0 spiro atoms. The lowest BCUT2D eigenvalue weighted by molar-refractivity contribution is -0.142. The van der Waals surface area contributed by atoms with Gasteiger partial charge in [-0.25, -0.2) is 9.78 Å². The average molecular weight is 960 g/mol. The predicted molar refractivity (Wildman–Crippen MR) is 245 cm³/mol. The van der Waals surface area contributed by atoms with Crippen molar-refractivity contribution in [3.63, 3.8) is 0 Å². The number of nitrogens with zero attached hydrogens (tertiary/aromatic N) is 1. The molecule has 24 heteroatoms. The van der Waals surface area contributed by atoms with Crippen LogP contribution in [-0.2, 0) is 56.0 Å². The molecule has 0 aliphatic carbocycles. The minimum atomic E-state index is -1.67. The number of aliphatic hydroxyl groups is 1. The SMILES string of the molecule is CC(C)C[C@H](NC(=O)[C@H](Cc1ccc(O)cc1)NC(=O)[C@H](CCC(=O)O)NC(=O)[C@H](Cc1cnc[nH]1)NC(=O)[C@H](CO)NC(=O)[C@H](C)NC(=O)[C@@H](N)CC(C)C)C(=O)N[C@@H](CCCCN)C(=O)O. The summed E-state index contributed by atoms with van der Waals surface area (Å²) in [5.74, 6) is -9.18. The van der Waals surface area contributed by atoms with Gasteiger partial charge in [-0.2, -0.15) is 0 Å². The van der Waals surface area contributed by atoms with Gasteiger partial charge in [0.2, 0.25) is 41.4 Å². The number of rotatable bonds is 31. The van der Waals surface area contributed by atoms with Crippen molar-refractivity contribution >= 4 is 53.3 Å². The Bertz CT molecular complexity index is 1980. The Balaban J connectivity index is 2.42. The topological polar surface area (TPSA) is 399 Å². The van der Waals surface area contributed by atoms with Crippen LogP contribution in [0.25, 0.3) is 0 Å². The molecule has 2 aromatic rings. The molecule has 7 amide bonds. The van der Waals surface area contributed by atoms with Crippen molar-refractivity contribution in [3.8, 4) is 5.75 Å². The van der Waals surface area contributed by atoms with Crippen LogP contribution in [0.2, 0.25) is 0 Å². The number of carbonyl (C=O) groups is 9. The molecule has 68 heavy (non-hydrogen) atoms. The van der Waals surface area contributed by atoms with Gasteiger partial charge in [-0.05, 0) is 81.5 Å². The summed E-state index contributed by atoms with van der Waals surface area (Å²) in [7, 11) is 0. The van der Waals surface area contributed by atoms with E-state index in [4.69, 9.17) is 11.5 Å². The number of aromatic hydroxyl groups is 1. The highest BCUT2D eigenvalue weighted by Gasteiger charge is 2.35. The van der Waals surface area contributed by atoms with Gasteiger partial charge in [0.25, 0.3) is 0 Å². The van der Waals surface area contributed by atoms with Gasteiger partial charge in [0, 0.05) is 31.2 Å². The number of phenolic OH excluding ortho intramolecular Hbond substituents is 1. The number of aliphatic hydroxyl groups excluding tert-OH is 1. The van der Waals surface area contributed by atoms with Gasteiger partial charge < -0.3 is 74.1 Å². The Hall–Kier alpha value is -6.66. The molecule has 2 rings (SSSR count). The van der Waals surface area contributed by atoms with Crippen LogP contribution in [0, 0.1) is 11.8 Å². The van der Waals surface area contributed by atoms with Gasteiger partial charge in [0.1, 0.15) is 48.0 Å². The van der Waals surface area contributed by atoms with Gasteiger partial charge in [-0.15, -0.1) is 0 Å². The molecule has 378 valence electrons. The number of phenols is 1. The van der Waals surface area contributed by atoms with Crippen molar-refractivity contribution < 1.29 is 63.6 Å². The second-order valence-corrected chi connectivity index (χ2v) is 17.4. The lowest BCUT2D eigenvalue weighted by atomic mass is 10.00. The van der Waals surface area contributed by atoms with Gasteiger partial charge in [0.15, 0.2) is 0 Å². The molecule has 0 fully saturated rings. The third-order valence-corrected chi connectivity index (χ3v) is 10.4. The van der Waals surface area contributed by atoms with Crippen molar-refractivity contribution in [2.75, 3.05) is 13.2 Å². The van der Waals surface area contributed by atoms with Crippen molar-refractivity contribution in [1.82, 2.24) is 47.2 Å². The number of imidazole rings is 1. The Labute approximate surface area is 394 Å². The number of aliphatic carboxylic acids is 2. The van der Waals surface area contributed by atoms with Crippen LogP contribution in [0.5, 0.6) is 5.75 Å². The van der Waals surface area contributed by atoms with E-state index in [1.54, 1.807) is 13.8 Å². The van der Waals surface area contributed by atoms with E-state index in [9.17, 15) is 63.6 Å². The van der Waals surface area contributed by atoms with Crippen molar-refractivity contribution in [2.24, 2.45) is 23.3 Å². The van der Waals surface area contributed by atoms with Crippen LogP contribution < -0.4 is 48.7 Å². The van der Waals surface area contributed by atoms with Gasteiger partial charge >= 0.3 is 11.9 Å². The minimum Gasteiger partial charge on any atom is -0.508 e. The fourth-order valence-electron chi connectivity index (χ4n) is 6.75. The fourth-order valence-corrected chi connectivity index (χ4v) is 6.75. The number of unbranched alkanes of at least 4 members (excludes halogenated alkanes) is 1. The van der Waals surface area contributed by atoms with E-state index in [0.717, 1.165) is 0 Å². The molecule has 8 atom stereocenters. The Morgan fingerprint density at radius 1 is 0.618 bits per heavy atom. The summed E-state index contributed by atoms with van der Waals surface area (Å²) in [5, 5.41) is 56.6. The van der Waals surface area contributed by atoms with E-state index < -0.39 is 121 Å². The zero-order chi connectivity index (χ0) is 51.1. The largest absolute Gasteiger partial charge is 0.508 e. The molecule has 1 heterocycles. The maximum absolute atomic E-state index is 14.2. The molecule has 24 nitrogen and oxygen atoms in total. The van der Waals surface area contributed by atoms with Crippen LogP contribution in [-0.4, -0.2) is 145 Å². The fraction of sp³-hybridized carbons (Fsp3) is 0.591. The highest BCUT2D eigenvalue weighted by atomic mass is 16.4. The smallest absolute Gasteiger partial charge is 0.326 e. The number of benzene rings is 1. The van der Waals surface area contributed by atoms with Gasteiger partial charge in [-0.1, -0.05) is 39.8 Å². The molecule has 0 bridgehead atoms. The Kier molecular flexibility index (Phi) is 24.7. The number of nitrogens with two attached hydrogens (primary N) is 2. The quantitative estimate of drug-likeness (QED) is 0.0357.